The number of aromatic nitrogens is 4. The Bertz CT molecular complexity index is 938. The van der Waals surface area contributed by atoms with Crippen molar-refractivity contribution in [3.63, 3.8) is 0 Å². The molecule has 130 valence electrons. The molecule has 0 fully saturated rings. The molecule has 0 bridgehead atoms. The molecule has 3 heterocycles. The lowest BCUT2D eigenvalue weighted by Gasteiger charge is -2.20. The van der Waals surface area contributed by atoms with E-state index in [0.29, 0.717) is 3.83 Å². The third-order valence-electron chi connectivity index (χ3n) is 4.25. The predicted molar refractivity (Wildman–Crippen MR) is 108 cm³/mol. The number of fused-ring (bicyclic) bond motifs is 3. The molecule has 0 spiro atoms. The zero-order chi connectivity index (χ0) is 17.6. The number of rotatable bonds is 4. The Morgan fingerprint density at radius 1 is 1.24 bits per heavy atom. The van der Waals surface area contributed by atoms with E-state index in [2.05, 4.69) is 56.3 Å². The number of anilines is 1. The van der Waals surface area contributed by atoms with Gasteiger partial charge < -0.3 is 10.4 Å². The van der Waals surface area contributed by atoms with Gasteiger partial charge in [0.05, 0.1) is 5.54 Å². The van der Waals surface area contributed by atoms with Crippen molar-refractivity contribution in [2.24, 2.45) is 0 Å². The molecule has 0 amide bonds. The summed E-state index contributed by atoms with van der Waals surface area (Å²) in [6, 6.07) is 7.28. The predicted octanol–water partition coefficient (Wildman–Crippen LogP) is 3.63. The van der Waals surface area contributed by atoms with Gasteiger partial charge in [-0.15, -0.1) is 0 Å². The van der Waals surface area contributed by atoms with Crippen molar-refractivity contribution in [1.29, 1.82) is 0 Å². The molecule has 6 nitrogen and oxygen atoms in total. The van der Waals surface area contributed by atoms with Crippen LogP contribution in [0.4, 0.5) is 5.82 Å². The Morgan fingerprint density at radius 3 is 2.76 bits per heavy atom. The van der Waals surface area contributed by atoms with E-state index in [1.54, 1.807) is 23.9 Å². The third kappa shape index (κ3) is 3.17. The molecule has 1 aliphatic heterocycles. The van der Waals surface area contributed by atoms with E-state index in [1.807, 2.05) is 12.1 Å². The summed E-state index contributed by atoms with van der Waals surface area (Å²) in [7, 11) is 0. The number of thioether (sulfide) groups is 1. The summed E-state index contributed by atoms with van der Waals surface area (Å²) in [5.74, 6) is 2.08. The van der Waals surface area contributed by atoms with Crippen LogP contribution in [0.2, 0.25) is 0 Å². The van der Waals surface area contributed by atoms with E-state index in [4.69, 9.17) is 4.98 Å². The Hall–Kier alpha value is -1.55. The fraction of sp³-hybridized carbons (Fsp3) is 0.353. The molecule has 1 aromatic carbocycles. The third-order valence-corrected chi connectivity index (χ3v) is 6.12. The number of phenols is 1. The summed E-state index contributed by atoms with van der Waals surface area (Å²) in [6.45, 7) is 5.17. The Labute approximate surface area is 163 Å². The first-order valence-electron chi connectivity index (χ1n) is 8.05. The fourth-order valence-corrected chi connectivity index (χ4v) is 4.67. The maximum Gasteiger partial charge on any atom is 0.194 e. The minimum Gasteiger partial charge on any atom is -0.508 e. The molecule has 0 aliphatic carbocycles. The van der Waals surface area contributed by atoms with Gasteiger partial charge in [0, 0.05) is 34.9 Å². The maximum absolute atomic E-state index is 9.36. The topological polar surface area (TPSA) is 75.9 Å². The molecule has 0 saturated carbocycles. The summed E-state index contributed by atoms with van der Waals surface area (Å²) >= 11 is 3.92. The van der Waals surface area contributed by atoms with Crippen molar-refractivity contribution in [2.45, 2.75) is 31.0 Å². The first kappa shape index (κ1) is 16.9. The van der Waals surface area contributed by atoms with Crippen molar-refractivity contribution in [3.8, 4) is 5.75 Å². The van der Waals surface area contributed by atoms with Gasteiger partial charge in [0.1, 0.15) is 5.75 Å². The number of imidazole rings is 1. The number of aromatic hydroxyl groups is 1. The van der Waals surface area contributed by atoms with E-state index in [1.165, 1.54) is 0 Å². The van der Waals surface area contributed by atoms with E-state index in [9.17, 15) is 5.11 Å². The number of benzene rings is 1. The van der Waals surface area contributed by atoms with Gasteiger partial charge in [0.15, 0.2) is 26.0 Å². The number of nitrogens with one attached hydrogen (secondary N) is 1. The maximum atomic E-state index is 9.36. The average Bonchev–Trinajstić information content (AvgIpc) is 3.07. The molecule has 3 aromatic rings. The second kappa shape index (κ2) is 6.31. The van der Waals surface area contributed by atoms with Gasteiger partial charge in [0.25, 0.3) is 0 Å². The minimum atomic E-state index is 0.00942. The summed E-state index contributed by atoms with van der Waals surface area (Å²) in [6.07, 6.45) is 0.843. The van der Waals surface area contributed by atoms with Crippen LogP contribution in [0.5, 0.6) is 5.75 Å². The van der Waals surface area contributed by atoms with Gasteiger partial charge in [-0.05, 0) is 38.0 Å². The minimum absolute atomic E-state index is 0.00942. The van der Waals surface area contributed by atoms with Crippen LogP contribution in [0.15, 0.2) is 29.4 Å². The lowest BCUT2D eigenvalue weighted by atomic mass is 10.1. The molecule has 0 atom stereocenters. The van der Waals surface area contributed by atoms with E-state index in [-0.39, 0.29) is 11.3 Å². The van der Waals surface area contributed by atoms with E-state index >= 15 is 0 Å². The highest BCUT2D eigenvalue weighted by Gasteiger charge is 2.34. The molecule has 2 aromatic heterocycles. The molecular weight excluding hydrogens is 449 g/mol. The van der Waals surface area contributed by atoms with Crippen LogP contribution < -0.4 is 5.32 Å². The standard InChI is InChI=1S/C17H18IN5OS/c1-17(2)9-25-16-20-12-13(21-15(18)22-14(12)23(16)17)19-8-7-10-3-5-11(24)6-4-10/h3-6,24H,7-9H2,1-2H3,(H,19,21,22). The molecule has 4 rings (SSSR count). The van der Waals surface area contributed by atoms with Gasteiger partial charge >= 0.3 is 0 Å². The SMILES string of the molecule is CC1(C)CSc2nc3c(NCCc4ccc(O)cc4)nc(I)nc3n21. The quantitative estimate of drug-likeness (QED) is 0.451. The summed E-state index contributed by atoms with van der Waals surface area (Å²) < 4.78 is 2.94. The average molecular weight is 467 g/mol. The highest BCUT2D eigenvalue weighted by atomic mass is 127. The van der Waals surface area contributed by atoms with Crippen molar-refractivity contribution in [3.05, 3.63) is 33.7 Å². The van der Waals surface area contributed by atoms with E-state index < -0.39 is 0 Å². The normalized spacial score (nSPS) is 15.5. The highest BCUT2D eigenvalue weighted by Crippen LogP contribution is 2.40. The number of nitrogens with zero attached hydrogens (tertiary/aromatic N) is 4. The lowest BCUT2D eigenvalue weighted by Crippen LogP contribution is -2.24. The number of hydrogen-bond donors (Lipinski definition) is 2. The zero-order valence-corrected chi connectivity index (χ0v) is 16.9. The van der Waals surface area contributed by atoms with Gasteiger partial charge in [-0.25, -0.2) is 15.0 Å². The summed E-state index contributed by atoms with van der Waals surface area (Å²) in [5.41, 5.74) is 2.91. The van der Waals surface area contributed by atoms with Gasteiger partial charge in [0.2, 0.25) is 0 Å². The molecule has 1 aliphatic rings. The van der Waals surface area contributed by atoms with Gasteiger partial charge in [-0.2, -0.15) is 0 Å². The largest absolute Gasteiger partial charge is 0.508 e. The summed E-state index contributed by atoms with van der Waals surface area (Å²) in [4.78, 5) is 14.0. The molecule has 0 saturated heterocycles. The second-order valence-corrected chi connectivity index (χ2v) is 8.59. The first-order valence-corrected chi connectivity index (χ1v) is 10.1. The number of halogens is 1. The zero-order valence-electron chi connectivity index (χ0n) is 14.0. The van der Waals surface area contributed by atoms with E-state index in [0.717, 1.165) is 46.4 Å². The van der Waals surface area contributed by atoms with Crippen LogP contribution in [0.25, 0.3) is 11.2 Å². The molecule has 0 radical (unpaired) electrons. The second-order valence-electron chi connectivity index (χ2n) is 6.69. The first-order chi connectivity index (χ1) is 11.9. The van der Waals surface area contributed by atoms with Crippen LogP contribution in [-0.4, -0.2) is 36.9 Å². The smallest absolute Gasteiger partial charge is 0.194 e. The van der Waals surface area contributed by atoms with Crippen LogP contribution in [-0.2, 0) is 12.0 Å². The van der Waals surface area contributed by atoms with Gasteiger partial charge in [-0.3, -0.25) is 4.57 Å². The van der Waals surface area contributed by atoms with Crippen LogP contribution in [0.1, 0.15) is 19.4 Å². The highest BCUT2D eigenvalue weighted by molar-refractivity contribution is 14.1. The molecule has 25 heavy (non-hydrogen) atoms. The lowest BCUT2D eigenvalue weighted by molar-refractivity contribution is 0.404. The van der Waals surface area contributed by atoms with Gasteiger partial charge in [-0.1, -0.05) is 23.9 Å². The number of phenolic OH excluding ortho intramolecular Hbond substituents is 1. The van der Waals surface area contributed by atoms with Crippen LogP contribution in [0.3, 0.4) is 0 Å². The molecule has 2 N–H and O–H groups in total. The summed E-state index contributed by atoms with van der Waals surface area (Å²) in [5, 5.41) is 13.8. The Morgan fingerprint density at radius 2 is 2.00 bits per heavy atom. The van der Waals surface area contributed by atoms with Crippen molar-refractivity contribution >= 4 is 51.3 Å². The Kier molecular flexibility index (Phi) is 4.27. The van der Waals surface area contributed by atoms with Crippen molar-refractivity contribution in [1.82, 2.24) is 19.5 Å². The number of hydrogen-bond acceptors (Lipinski definition) is 6. The fourth-order valence-electron chi connectivity index (χ4n) is 2.97. The Balaban J connectivity index is 1.61. The van der Waals surface area contributed by atoms with Crippen molar-refractivity contribution < 1.29 is 5.11 Å². The van der Waals surface area contributed by atoms with Crippen LogP contribution in [0, 0.1) is 3.83 Å². The molecule has 0 unspecified atom stereocenters. The molecule has 8 heteroatoms. The van der Waals surface area contributed by atoms with Crippen molar-refractivity contribution in [2.75, 3.05) is 17.6 Å². The monoisotopic (exact) mass is 467 g/mol. The van der Waals surface area contributed by atoms with Crippen LogP contribution >= 0.6 is 34.4 Å². The molecular formula is C17H18IN5OS.